The molecule has 128 valence electrons. The third-order valence-electron chi connectivity index (χ3n) is 5.63. The number of hydrogen-bond acceptors (Lipinski definition) is 3. The summed E-state index contributed by atoms with van der Waals surface area (Å²) in [5.74, 6) is 0. The van der Waals surface area contributed by atoms with Gasteiger partial charge in [0.1, 0.15) is 0 Å². The van der Waals surface area contributed by atoms with Gasteiger partial charge in [-0.15, -0.1) is 0 Å². The number of rotatable bonds is 4. The summed E-state index contributed by atoms with van der Waals surface area (Å²) in [5, 5.41) is 6.20. The average Bonchev–Trinajstić information content (AvgIpc) is 2.67. The first kappa shape index (κ1) is 16.1. The molecular weight excluding hydrogens is 294 g/mol. The molecule has 2 saturated heterocycles. The first-order chi connectivity index (χ1) is 11.9. The molecule has 2 aromatic rings. The zero-order chi connectivity index (χ0) is 16.2. The van der Waals surface area contributed by atoms with Gasteiger partial charge >= 0.3 is 0 Å². The third-order valence-corrected chi connectivity index (χ3v) is 5.63. The van der Waals surface area contributed by atoms with Crippen molar-refractivity contribution in [1.82, 2.24) is 15.1 Å². The summed E-state index contributed by atoms with van der Waals surface area (Å²) < 4.78 is 0. The maximum absolute atomic E-state index is 3.48. The van der Waals surface area contributed by atoms with Gasteiger partial charge in [-0.3, -0.25) is 9.80 Å². The fourth-order valence-electron chi connectivity index (χ4n) is 4.22. The van der Waals surface area contributed by atoms with Crippen molar-refractivity contribution in [2.24, 2.45) is 0 Å². The van der Waals surface area contributed by atoms with Gasteiger partial charge in [-0.05, 0) is 48.3 Å². The molecule has 0 bridgehead atoms. The number of nitrogens with one attached hydrogen (secondary N) is 1. The third kappa shape index (κ3) is 3.64. The van der Waals surface area contributed by atoms with Gasteiger partial charge in [0.25, 0.3) is 0 Å². The van der Waals surface area contributed by atoms with Gasteiger partial charge < -0.3 is 5.32 Å². The number of hydrogen-bond donors (Lipinski definition) is 1. The Morgan fingerprint density at radius 1 is 0.833 bits per heavy atom. The lowest BCUT2D eigenvalue weighted by molar-refractivity contribution is 0.111. The zero-order valence-electron chi connectivity index (χ0n) is 14.6. The highest BCUT2D eigenvalue weighted by molar-refractivity contribution is 5.83. The van der Waals surface area contributed by atoms with Crippen molar-refractivity contribution in [3.05, 3.63) is 48.0 Å². The molecule has 3 heteroatoms. The lowest BCUT2D eigenvalue weighted by Gasteiger charge is -2.39. The quantitative estimate of drug-likeness (QED) is 0.931. The normalized spacial score (nSPS) is 21.8. The van der Waals surface area contributed by atoms with Crippen molar-refractivity contribution in [2.45, 2.75) is 25.3 Å². The van der Waals surface area contributed by atoms with E-state index in [1.807, 2.05) is 0 Å². The summed E-state index contributed by atoms with van der Waals surface area (Å²) in [5.41, 5.74) is 1.49. The second kappa shape index (κ2) is 7.64. The molecule has 3 nitrogen and oxygen atoms in total. The highest BCUT2D eigenvalue weighted by atomic mass is 15.2. The summed E-state index contributed by atoms with van der Waals surface area (Å²) >= 11 is 0. The van der Waals surface area contributed by atoms with Crippen LogP contribution in [0.2, 0.25) is 0 Å². The Bertz CT molecular complexity index is 657. The van der Waals surface area contributed by atoms with Crippen LogP contribution in [-0.2, 0) is 0 Å². The van der Waals surface area contributed by atoms with Crippen molar-refractivity contribution in [2.75, 3.05) is 45.8 Å². The maximum Gasteiger partial charge on any atom is 0.0475 e. The Morgan fingerprint density at radius 3 is 2.38 bits per heavy atom. The van der Waals surface area contributed by atoms with Gasteiger partial charge in [0, 0.05) is 38.8 Å². The van der Waals surface area contributed by atoms with Crippen LogP contribution in [0.5, 0.6) is 0 Å². The summed E-state index contributed by atoms with van der Waals surface area (Å²) in [6.07, 6.45) is 4.10. The van der Waals surface area contributed by atoms with Gasteiger partial charge in [-0.2, -0.15) is 0 Å². The first-order valence-electron chi connectivity index (χ1n) is 9.56. The average molecular weight is 323 g/mol. The van der Waals surface area contributed by atoms with Crippen molar-refractivity contribution in [3.63, 3.8) is 0 Å². The number of piperidine rings is 1. The fraction of sp³-hybridized carbons (Fsp3) is 0.524. The summed E-state index contributed by atoms with van der Waals surface area (Å²) in [4.78, 5) is 5.38. The largest absolute Gasteiger partial charge is 0.314 e. The van der Waals surface area contributed by atoms with Crippen LogP contribution in [-0.4, -0.2) is 55.6 Å². The summed E-state index contributed by atoms with van der Waals surface area (Å²) in [6.45, 7) is 8.29. The smallest absolute Gasteiger partial charge is 0.0475 e. The topological polar surface area (TPSA) is 18.5 Å². The molecule has 24 heavy (non-hydrogen) atoms. The number of piperazine rings is 1. The molecule has 1 unspecified atom stereocenters. The van der Waals surface area contributed by atoms with Crippen LogP contribution >= 0.6 is 0 Å². The minimum absolute atomic E-state index is 0.535. The van der Waals surface area contributed by atoms with E-state index in [0.29, 0.717) is 6.04 Å². The molecule has 2 fully saturated rings. The second-order valence-electron chi connectivity index (χ2n) is 7.27. The van der Waals surface area contributed by atoms with E-state index in [4.69, 9.17) is 0 Å². The Hall–Kier alpha value is -1.42. The Balaban J connectivity index is 1.61. The minimum atomic E-state index is 0.535. The molecule has 0 saturated carbocycles. The minimum Gasteiger partial charge on any atom is -0.314 e. The molecule has 1 N–H and O–H groups in total. The highest BCUT2D eigenvalue weighted by Gasteiger charge is 2.25. The summed E-state index contributed by atoms with van der Waals surface area (Å²) in [6, 6.07) is 16.4. The molecule has 0 aromatic heterocycles. The van der Waals surface area contributed by atoms with Crippen LogP contribution in [0, 0.1) is 0 Å². The number of fused-ring (bicyclic) bond motifs is 1. The molecular formula is C21H29N3. The van der Waals surface area contributed by atoms with Crippen molar-refractivity contribution >= 4 is 10.8 Å². The molecule has 2 heterocycles. The van der Waals surface area contributed by atoms with Gasteiger partial charge in [-0.1, -0.05) is 42.8 Å². The SMILES string of the molecule is c1ccc2cc(C(CN3CCNCC3)N3CCCCC3)ccc2c1. The second-order valence-corrected chi connectivity index (χ2v) is 7.27. The monoisotopic (exact) mass is 323 g/mol. The molecule has 4 rings (SSSR count). The standard InChI is InChI=1S/C21H29N3/c1-4-12-24(13-5-1)21(17-23-14-10-22-11-15-23)20-9-8-18-6-2-3-7-19(18)16-20/h2-3,6-9,16,21-22H,1,4-5,10-15,17H2. The van der Waals surface area contributed by atoms with Gasteiger partial charge in [-0.25, -0.2) is 0 Å². The van der Waals surface area contributed by atoms with Crippen LogP contribution < -0.4 is 5.32 Å². The van der Waals surface area contributed by atoms with E-state index in [2.05, 4.69) is 57.6 Å². The van der Waals surface area contributed by atoms with E-state index in [1.54, 1.807) is 0 Å². The molecule has 0 spiro atoms. The van der Waals surface area contributed by atoms with Crippen molar-refractivity contribution in [1.29, 1.82) is 0 Å². The van der Waals surface area contributed by atoms with Crippen LogP contribution in [0.3, 0.4) is 0 Å². The van der Waals surface area contributed by atoms with Gasteiger partial charge in [0.05, 0.1) is 0 Å². The van der Waals surface area contributed by atoms with Gasteiger partial charge in [0.2, 0.25) is 0 Å². The predicted molar refractivity (Wildman–Crippen MR) is 101 cm³/mol. The zero-order valence-corrected chi connectivity index (χ0v) is 14.6. The van der Waals surface area contributed by atoms with Crippen molar-refractivity contribution < 1.29 is 0 Å². The summed E-state index contributed by atoms with van der Waals surface area (Å²) in [7, 11) is 0. The van der Waals surface area contributed by atoms with E-state index in [0.717, 1.165) is 13.1 Å². The predicted octanol–water partition coefficient (Wildman–Crippen LogP) is 3.27. The first-order valence-corrected chi connectivity index (χ1v) is 9.56. The number of nitrogens with zero attached hydrogens (tertiary/aromatic N) is 2. The van der Waals surface area contributed by atoms with Crippen LogP contribution in [0.15, 0.2) is 42.5 Å². The molecule has 0 radical (unpaired) electrons. The van der Waals surface area contributed by atoms with Crippen LogP contribution in [0.1, 0.15) is 30.9 Å². The van der Waals surface area contributed by atoms with Crippen LogP contribution in [0.25, 0.3) is 10.8 Å². The maximum atomic E-state index is 3.48. The number of benzene rings is 2. The molecule has 0 aliphatic carbocycles. The van der Waals surface area contributed by atoms with Crippen molar-refractivity contribution in [3.8, 4) is 0 Å². The van der Waals surface area contributed by atoms with E-state index < -0.39 is 0 Å². The van der Waals surface area contributed by atoms with Crippen LogP contribution in [0.4, 0.5) is 0 Å². The fourth-order valence-corrected chi connectivity index (χ4v) is 4.22. The van der Waals surface area contributed by atoms with E-state index in [9.17, 15) is 0 Å². The van der Waals surface area contributed by atoms with E-state index in [-0.39, 0.29) is 0 Å². The molecule has 2 aromatic carbocycles. The van der Waals surface area contributed by atoms with Gasteiger partial charge in [0.15, 0.2) is 0 Å². The lowest BCUT2D eigenvalue weighted by atomic mass is 9.98. The Morgan fingerprint density at radius 2 is 1.58 bits per heavy atom. The van der Waals surface area contributed by atoms with E-state index >= 15 is 0 Å². The lowest BCUT2D eigenvalue weighted by Crippen LogP contribution is -2.48. The number of likely N-dealkylation sites (tertiary alicyclic amines) is 1. The molecule has 1 atom stereocenters. The van der Waals surface area contributed by atoms with E-state index in [1.165, 1.54) is 68.3 Å². The Kier molecular flexibility index (Phi) is 5.12. The molecule has 2 aliphatic heterocycles. The Labute approximate surface area is 145 Å². The molecule has 2 aliphatic rings. The highest BCUT2D eigenvalue weighted by Crippen LogP contribution is 2.28. The molecule has 0 amide bonds.